The van der Waals surface area contributed by atoms with Gasteiger partial charge in [0.25, 0.3) is 0 Å². The Bertz CT molecular complexity index is 508. The third-order valence-corrected chi connectivity index (χ3v) is 3.33. The highest BCUT2D eigenvalue weighted by Crippen LogP contribution is 2.24. The first kappa shape index (κ1) is 14.0. The molecule has 0 atom stereocenters. The highest BCUT2D eigenvalue weighted by molar-refractivity contribution is 6.42. The number of carbonyl (C=O) groups excluding carboxylic acids is 2. The Morgan fingerprint density at radius 3 is 2.84 bits per heavy atom. The molecular weight excluding hydrogens is 291 g/mol. The summed E-state index contributed by atoms with van der Waals surface area (Å²) >= 11 is 11.6. The second-order valence-electron chi connectivity index (χ2n) is 4.07. The van der Waals surface area contributed by atoms with Gasteiger partial charge in [-0.25, -0.2) is 4.79 Å². The fourth-order valence-electron chi connectivity index (χ4n) is 1.69. The predicted octanol–water partition coefficient (Wildman–Crippen LogP) is 2.77. The van der Waals surface area contributed by atoms with Crippen molar-refractivity contribution in [1.82, 2.24) is 4.90 Å². The van der Waals surface area contributed by atoms with E-state index in [1.807, 2.05) is 0 Å². The van der Waals surface area contributed by atoms with E-state index in [0.29, 0.717) is 28.9 Å². The van der Waals surface area contributed by atoms with E-state index in [1.165, 1.54) is 4.90 Å². The van der Waals surface area contributed by atoms with E-state index in [4.69, 9.17) is 27.9 Å². The van der Waals surface area contributed by atoms with E-state index < -0.39 is 6.09 Å². The molecule has 102 valence electrons. The zero-order valence-corrected chi connectivity index (χ0v) is 11.5. The van der Waals surface area contributed by atoms with Crippen LogP contribution < -0.4 is 5.32 Å². The lowest BCUT2D eigenvalue weighted by atomic mass is 10.3. The minimum absolute atomic E-state index is 0.0426. The quantitative estimate of drug-likeness (QED) is 0.934. The van der Waals surface area contributed by atoms with E-state index >= 15 is 0 Å². The fraction of sp³-hybridized carbons (Fsp3) is 0.333. The summed E-state index contributed by atoms with van der Waals surface area (Å²) in [6.45, 7) is 0.885. The molecule has 1 aromatic rings. The summed E-state index contributed by atoms with van der Waals surface area (Å²) in [5.41, 5.74) is 0.532. The average molecular weight is 303 g/mol. The molecule has 1 aliphatic heterocycles. The maximum absolute atomic E-state index is 11.8. The maximum Gasteiger partial charge on any atom is 0.410 e. The van der Waals surface area contributed by atoms with E-state index in [9.17, 15) is 9.59 Å². The molecule has 0 radical (unpaired) electrons. The Labute approximate surface area is 120 Å². The van der Waals surface area contributed by atoms with Crippen LogP contribution in [0.4, 0.5) is 10.5 Å². The first-order valence-electron chi connectivity index (χ1n) is 5.73. The van der Waals surface area contributed by atoms with Crippen LogP contribution in [-0.2, 0) is 9.53 Å². The van der Waals surface area contributed by atoms with Gasteiger partial charge in [-0.3, -0.25) is 9.69 Å². The fourth-order valence-corrected chi connectivity index (χ4v) is 1.99. The number of benzene rings is 1. The number of nitrogens with zero attached hydrogens (tertiary/aromatic N) is 1. The summed E-state index contributed by atoms with van der Waals surface area (Å²) in [4.78, 5) is 24.5. The van der Waals surface area contributed by atoms with Crippen molar-refractivity contribution in [2.75, 3.05) is 25.0 Å². The van der Waals surface area contributed by atoms with Crippen molar-refractivity contribution < 1.29 is 14.3 Å². The zero-order valence-electron chi connectivity index (χ0n) is 9.99. The second-order valence-corrected chi connectivity index (χ2v) is 4.88. The number of cyclic esters (lactones) is 1. The van der Waals surface area contributed by atoms with Crippen molar-refractivity contribution in [3.63, 3.8) is 0 Å². The first-order chi connectivity index (χ1) is 9.06. The molecule has 2 amide bonds. The SMILES string of the molecule is O=C(CN1CCCOC1=O)Nc1ccc(Cl)c(Cl)c1. The van der Waals surface area contributed by atoms with Gasteiger partial charge >= 0.3 is 6.09 Å². The Morgan fingerprint density at radius 1 is 1.37 bits per heavy atom. The Morgan fingerprint density at radius 2 is 2.16 bits per heavy atom. The van der Waals surface area contributed by atoms with Gasteiger partial charge in [-0.1, -0.05) is 23.2 Å². The van der Waals surface area contributed by atoms with Crippen molar-refractivity contribution in [3.05, 3.63) is 28.2 Å². The molecule has 2 rings (SSSR count). The van der Waals surface area contributed by atoms with Gasteiger partial charge in [0.2, 0.25) is 5.91 Å². The largest absolute Gasteiger partial charge is 0.449 e. The van der Waals surface area contributed by atoms with Crippen molar-refractivity contribution >= 4 is 40.9 Å². The van der Waals surface area contributed by atoms with Crippen LogP contribution in [0.25, 0.3) is 0 Å². The number of halogens is 2. The van der Waals surface area contributed by atoms with Gasteiger partial charge in [-0.05, 0) is 24.6 Å². The first-order valence-corrected chi connectivity index (χ1v) is 6.48. The molecule has 0 unspecified atom stereocenters. The number of anilines is 1. The molecule has 1 fully saturated rings. The molecule has 0 saturated carbocycles. The molecule has 1 saturated heterocycles. The third-order valence-electron chi connectivity index (χ3n) is 2.59. The van der Waals surface area contributed by atoms with Crippen LogP contribution in [0.1, 0.15) is 6.42 Å². The normalized spacial score (nSPS) is 15.1. The van der Waals surface area contributed by atoms with Gasteiger partial charge < -0.3 is 10.1 Å². The van der Waals surface area contributed by atoms with Crippen molar-refractivity contribution in [2.45, 2.75) is 6.42 Å². The lowest BCUT2D eigenvalue weighted by Crippen LogP contribution is -2.42. The van der Waals surface area contributed by atoms with Crippen LogP contribution >= 0.6 is 23.2 Å². The Kier molecular flexibility index (Phi) is 4.50. The lowest BCUT2D eigenvalue weighted by molar-refractivity contribution is -0.117. The van der Waals surface area contributed by atoms with E-state index in [2.05, 4.69) is 5.32 Å². The topological polar surface area (TPSA) is 58.6 Å². The predicted molar refractivity (Wildman–Crippen MR) is 72.6 cm³/mol. The van der Waals surface area contributed by atoms with Crippen LogP contribution in [0.15, 0.2) is 18.2 Å². The minimum atomic E-state index is -0.462. The highest BCUT2D eigenvalue weighted by Gasteiger charge is 2.21. The molecular formula is C12H12Cl2N2O3. The molecule has 1 heterocycles. The van der Waals surface area contributed by atoms with Crippen LogP contribution in [0.2, 0.25) is 10.0 Å². The molecule has 5 nitrogen and oxygen atoms in total. The van der Waals surface area contributed by atoms with Crippen LogP contribution in [0.3, 0.4) is 0 Å². The number of amides is 2. The van der Waals surface area contributed by atoms with Crippen molar-refractivity contribution in [3.8, 4) is 0 Å². The summed E-state index contributed by atoms with van der Waals surface area (Å²) in [6, 6.07) is 4.78. The van der Waals surface area contributed by atoms with Crippen molar-refractivity contribution in [2.24, 2.45) is 0 Å². The molecule has 0 aliphatic carbocycles. The average Bonchev–Trinajstić information content (AvgIpc) is 2.37. The van der Waals surface area contributed by atoms with Gasteiger partial charge in [0.15, 0.2) is 0 Å². The summed E-state index contributed by atoms with van der Waals surface area (Å²) in [7, 11) is 0. The van der Waals surface area contributed by atoms with E-state index in [1.54, 1.807) is 18.2 Å². The number of rotatable bonds is 3. The van der Waals surface area contributed by atoms with Gasteiger partial charge in [-0.2, -0.15) is 0 Å². The smallest absolute Gasteiger partial charge is 0.410 e. The Hall–Kier alpha value is -1.46. The van der Waals surface area contributed by atoms with Crippen molar-refractivity contribution in [1.29, 1.82) is 0 Å². The van der Waals surface area contributed by atoms with Gasteiger partial charge in [0, 0.05) is 12.2 Å². The molecule has 1 aromatic carbocycles. The molecule has 1 aliphatic rings. The minimum Gasteiger partial charge on any atom is -0.449 e. The standard InChI is InChI=1S/C12H12Cl2N2O3/c13-9-3-2-8(6-10(9)14)15-11(17)7-16-4-1-5-19-12(16)18/h2-3,6H,1,4-5,7H2,(H,15,17). The molecule has 1 N–H and O–H groups in total. The number of carbonyl (C=O) groups is 2. The molecule has 7 heteroatoms. The summed E-state index contributed by atoms with van der Waals surface area (Å²) < 4.78 is 4.84. The van der Waals surface area contributed by atoms with Crippen LogP contribution in [-0.4, -0.2) is 36.6 Å². The molecule has 0 spiro atoms. The molecule has 19 heavy (non-hydrogen) atoms. The number of nitrogens with one attached hydrogen (secondary N) is 1. The summed E-state index contributed by atoms with van der Waals surface area (Å²) in [5.74, 6) is -0.308. The molecule has 0 aromatic heterocycles. The number of hydrogen-bond donors (Lipinski definition) is 1. The number of hydrogen-bond acceptors (Lipinski definition) is 3. The maximum atomic E-state index is 11.8. The van der Waals surface area contributed by atoms with Crippen LogP contribution in [0, 0.1) is 0 Å². The second kappa shape index (κ2) is 6.12. The lowest BCUT2D eigenvalue weighted by Gasteiger charge is -2.25. The third kappa shape index (κ3) is 3.75. The molecule has 0 bridgehead atoms. The van der Waals surface area contributed by atoms with Gasteiger partial charge in [0.05, 0.1) is 16.7 Å². The monoisotopic (exact) mass is 302 g/mol. The van der Waals surface area contributed by atoms with Gasteiger partial charge in [-0.15, -0.1) is 0 Å². The summed E-state index contributed by atoms with van der Waals surface area (Å²) in [6.07, 6.45) is 0.266. The zero-order chi connectivity index (χ0) is 13.8. The summed E-state index contributed by atoms with van der Waals surface area (Å²) in [5, 5.41) is 3.42. The number of ether oxygens (including phenoxy) is 1. The van der Waals surface area contributed by atoms with Gasteiger partial charge in [0.1, 0.15) is 6.54 Å². The van der Waals surface area contributed by atoms with E-state index in [0.717, 1.165) is 6.42 Å². The van der Waals surface area contributed by atoms with E-state index in [-0.39, 0.29) is 12.5 Å². The van der Waals surface area contributed by atoms with Crippen LogP contribution in [0.5, 0.6) is 0 Å². The Balaban J connectivity index is 1.93. The highest BCUT2D eigenvalue weighted by atomic mass is 35.5.